The Morgan fingerprint density at radius 1 is 1.00 bits per heavy atom. The number of ether oxygens (including phenoxy) is 3. The van der Waals surface area contributed by atoms with Crippen LogP contribution in [0.15, 0.2) is 66.0 Å². The van der Waals surface area contributed by atoms with E-state index in [2.05, 4.69) is 45.5 Å². The van der Waals surface area contributed by atoms with E-state index < -0.39 is 0 Å². The van der Waals surface area contributed by atoms with Gasteiger partial charge in [0, 0.05) is 26.7 Å². The number of rotatable bonds is 8. The molecule has 0 radical (unpaired) electrons. The summed E-state index contributed by atoms with van der Waals surface area (Å²) in [5.41, 5.74) is 5.09. The summed E-state index contributed by atoms with van der Waals surface area (Å²) in [6, 6.07) is 16.1. The van der Waals surface area contributed by atoms with Crippen molar-refractivity contribution in [2.75, 3.05) is 20.7 Å². The number of aliphatic imine (C=N–C) groups is 1. The van der Waals surface area contributed by atoms with E-state index in [1.54, 1.807) is 6.34 Å². The molecule has 0 N–H and O–H groups in total. The summed E-state index contributed by atoms with van der Waals surface area (Å²) in [6.07, 6.45) is 5.30. The van der Waals surface area contributed by atoms with Crippen molar-refractivity contribution in [3.8, 4) is 11.5 Å². The SMILES string of the molecule is Cc1ccc(OC[C@H]2O[C@@H](n3cnc4c(N=CN(C)C)ncc(C)c43)C[C@@H]2Oc2ccc(C)cc2)cc1. The molecule has 4 aromatic rings. The summed E-state index contributed by atoms with van der Waals surface area (Å²) in [4.78, 5) is 15.5. The van der Waals surface area contributed by atoms with Crippen molar-refractivity contribution in [3.63, 3.8) is 0 Å². The van der Waals surface area contributed by atoms with Gasteiger partial charge in [0.25, 0.3) is 0 Å². The van der Waals surface area contributed by atoms with Gasteiger partial charge in [-0.05, 0) is 50.6 Å². The number of benzene rings is 2. The highest BCUT2D eigenvalue weighted by Crippen LogP contribution is 2.36. The maximum Gasteiger partial charge on any atom is 0.181 e. The van der Waals surface area contributed by atoms with Crippen LogP contribution in [0.5, 0.6) is 11.5 Å². The highest BCUT2D eigenvalue weighted by atomic mass is 16.6. The Hall–Kier alpha value is -3.91. The van der Waals surface area contributed by atoms with E-state index in [9.17, 15) is 0 Å². The molecule has 0 aliphatic carbocycles. The molecule has 1 aliphatic heterocycles. The molecule has 5 rings (SSSR count). The Morgan fingerprint density at radius 3 is 2.35 bits per heavy atom. The van der Waals surface area contributed by atoms with Crippen molar-refractivity contribution in [1.82, 2.24) is 19.4 Å². The molecule has 0 spiro atoms. The molecule has 1 saturated heterocycles. The van der Waals surface area contributed by atoms with Gasteiger partial charge in [0.15, 0.2) is 5.82 Å². The number of hydrogen-bond acceptors (Lipinski definition) is 6. The lowest BCUT2D eigenvalue weighted by atomic mass is 10.1. The first-order valence-corrected chi connectivity index (χ1v) is 12.5. The summed E-state index contributed by atoms with van der Waals surface area (Å²) in [7, 11) is 3.85. The average molecular weight is 500 g/mol. The van der Waals surface area contributed by atoms with Crippen molar-refractivity contribution < 1.29 is 14.2 Å². The highest BCUT2D eigenvalue weighted by Gasteiger charge is 2.39. The molecule has 0 saturated carbocycles. The number of aromatic nitrogens is 3. The Labute approximate surface area is 217 Å². The maximum atomic E-state index is 6.57. The molecule has 0 amide bonds. The highest BCUT2D eigenvalue weighted by molar-refractivity contribution is 5.88. The van der Waals surface area contributed by atoms with Crippen LogP contribution in [0, 0.1) is 20.8 Å². The van der Waals surface area contributed by atoms with Crippen LogP contribution in [0.1, 0.15) is 29.3 Å². The normalized spacial score (nSPS) is 19.5. The Balaban J connectivity index is 1.42. The number of imidazole rings is 1. The smallest absolute Gasteiger partial charge is 0.181 e. The maximum absolute atomic E-state index is 6.57. The van der Waals surface area contributed by atoms with Crippen LogP contribution in [0.25, 0.3) is 11.0 Å². The van der Waals surface area contributed by atoms with Gasteiger partial charge in [-0.3, -0.25) is 0 Å². The molecular weight excluding hydrogens is 466 g/mol. The molecule has 8 nitrogen and oxygen atoms in total. The van der Waals surface area contributed by atoms with Crippen LogP contribution in [0.3, 0.4) is 0 Å². The molecule has 2 aromatic heterocycles. The largest absolute Gasteiger partial charge is 0.491 e. The van der Waals surface area contributed by atoms with Crippen molar-refractivity contribution in [3.05, 3.63) is 77.7 Å². The van der Waals surface area contributed by atoms with Gasteiger partial charge in [-0.25, -0.2) is 15.0 Å². The fourth-order valence-corrected chi connectivity index (χ4v) is 4.43. The van der Waals surface area contributed by atoms with Crippen LogP contribution in [0.4, 0.5) is 5.82 Å². The first-order valence-electron chi connectivity index (χ1n) is 12.5. The zero-order valence-electron chi connectivity index (χ0n) is 22.0. The van der Waals surface area contributed by atoms with Crippen molar-refractivity contribution in [2.45, 2.75) is 45.6 Å². The standard InChI is InChI=1S/C29H33N5O3/c1-19-6-10-22(11-7-19)35-16-25-24(36-23-12-8-20(2)9-13-23)14-26(37-25)34-18-31-27-28(34)21(3)15-30-29(27)32-17-33(4)5/h6-13,15,17-18,24-26H,14,16H2,1-5H3/t24-,25+,26+/m0/s1. The van der Waals surface area contributed by atoms with Gasteiger partial charge in [0.2, 0.25) is 0 Å². The second-order valence-electron chi connectivity index (χ2n) is 9.78. The van der Waals surface area contributed by atoms with Crippen LogP contribution in [0.2, 0.25) is 0 Å². The number of aryl methyl sites for hydroxylation is 3. The lowest BCUT2D eigenvalue weighted by Crippen LogP contribution is -2.32. The fourth-order valence-electron chi connectivity index (χ4n) is 4.43. The topological polar surface area (TPSA) is 74.0 Å². The van der Waals surface area contributed by atoms with E-state index in [-0.39, 0.29) is 18.4 Å². The molecular formula is C29H33N5O3. The van der Waals surface area contributed by atoms with E-state index in [0.29, 0.717) is 18.8 Å². The van der Waals surface area contributed by atoms with Crippen molar-refractivity contribution in [2.24, 2.45) is 4.99 Å². The molecule has 0 unspecified atom stereocenters. The first-order chi connectivity index (χ1) is 17.9. The third-order valence-corrected chi connectivity index (χ3v) is 6.40. The van der Waals surface area contributed by atoms with Gasteiger partial charge < -0.3 is 23.7 Å². The van der Waals surface area contributed by atoms with Gasteiger partial charge >= 0.3 is 0 Å². The molecule has 3 atom stereocenters. The van der Waals surface area contributed by atoms with E-state index >= 15 is 0 Å². The second-order valence-corrected chi connectivity index (χ2v) is 9.78. The third-order valence-electron chi connectivity index (χ3n) is 6.40. The minimum Gasteiger partial charge on any atom is -0.491 e. The average Bonchev–Trinajstić information content (AvgIpc) is 3.50. The number of pyridine rings is 1. The van der Waals surface area contributed by atoms with Crippen LogP contribution in [-0.2, 0) is 4.74 Å². The molecule has 37 heavy (non-hydrogen) atoms. The fraction of sp³-hybridized carbons (Fsp3) is 0.345. The van der Waals surface area contributed by atoms with Gasteiger partial charge in [-0.1, -0.05) is 35.4 Å². The number of fused-ring (bicyclic) bond motifs is 1. The summed E-state index contributed by atoms with van der Waals surface area (Å²) >= 11 is 0. The summed E-state index contributed by atoms with van der Waals surface area (Å²) in [5, 5.41) is 0. The van der Waals surface area contributed by atoms with Gasteiger partial charge in [0.1, 0.15) is 42.1 Å². The zero-order chi connectivity index (χ0) is 25.9. The van der Waals surface area contributed by atoms with Crippen molar-refractivity contribution in [1.29, 1.82) is 0 Å². The van der Waals surface area contributed by atoms with E-state index in [1.165, 1.54) is 11.1 Å². The summed E-state index contributed by atoms with van der Waals surface area (Å²) in [6.45, 7) is 6.53. The molecule has 192 valence electrons. The number of hydrogen-bond donors (Lipinski definition) is 0. The third kappa shape index (κ3) is 5.59. The number of nitrogens with zero attached hydrogens (tertiary/aromatic N) is 5. The molecule has 2 aromatic carbocycles. The van der Waals surface area contributed by atoms with Gasteiger partial charge in [-0.15, -0.1) is 0 Å². The quantitative estimate of drug-likeness (QED) is 0.239. The molecule has 1 fully saturated rings. The Bertz CT molecular complexity index is 1380. The van der Waals surface area contributed by atoms with Crippen LogP contribution < -0.4 is 9.47 Å². The molecule has 1 aliphatic rings. The predicted octanol–water partition coefficient (Wildman–Crippen LogP) is 5.39. The van der Waals surface area contributed by atoms with E-state index in [1.807, 2.05) is 74.8 Å². The zero-order valence-corrected chi connectivity index (χ0v) is 22.0. The van der Waals surface area contributed by atoms with E-state index in [4.69, 9.17) is 14.2 Å². The minimum atomic E-state index is -0.265. The monoisotopic (exact) mass is 499 g/mol. The Morgan fingerprint density at radius 2 is 1.68 bits per heavy atom. The van der Waals surface area contributed by atoms with Crippen LogP contribution in [-0.4, -0.2) is 58.7 Å². The Kier molecular flexibility index (Phi) is 7.10. The summed E-state index contributed by atoms with van der Waals surface area (Å²) in [5.74, 6) is 2.21. The van der Waals surface area contributed by atoms with Gasteiger partial charge in [-0.2, -0.15) is 0 Å². The molecule has 8 heteroatoms. The first kappa shape index (κ1) is 24.8. The lowest BCUT2D eigenvalue weighted by molar-refractivity contribution is -0.0340. The van der Waals surface area contributed by atoms with E-state index in [0.717, 1.165) is 28.1 Å². The predicted molar refractivity (Wildman–Crippen MR) is 145 cm³/mol. The minimum absolute atomic E-state index is 0.191. The summed E-state index contributed by atoms with van der Waals surface area (Å²) < 4.78 is 21.2. The molecule has 3 heterocycles. The lowest BCUT2D eigenvalue weighted by Gasteiger charge is -2.20. The van der Waals surface area contributed by atoms with Crippen LogP contribution >= 0.6 is 0 Å². The van der Waals surface area contributed by atoms with Gasteiger partial charge in [0.05, 0.1) is 18.2 Å². The molecule has 0 bridgehead atoms. The van der Waals surface area contributed by atoms with Crippen molar-refractivity contribution >= 4 is 23.2 Å². The second kappa shape index (κ2) is 10.6.